The molecule has 0 radical (unpaired) electrons. The van der Waals surface area contributed by atoms with Gasteiger partial charge in [0.2, 0.25) is 0 Å². The highest BCUT2D eigenvalue weighted by molar-refractivity contribution is 5.83. The fraction of sp³-hybridized carbons (Fsp3) is 0.655. The minimum absolute atomic E-state index is 0.0573. The van der Waals surface area contributed by atoms with E-state index in [1.165, 1.54) is 12.2 Å². The van der Waals surface area contributed by atoms with Crippen molar-refractivity contribution in [2.75, 3.05) is 13.2 Å². The van der Waals surface area contributed by atoms with Crippen LogP contribution < -0.4 is 0 Å². The number of hydrogen-bond donors (Lipinski definition) is 0. The average molecular weight is 527 g/mol. The normalized spacial score (nSPS) is 54.2. The average Bonchev–Trinajstić information content (AvgIpc) is 3.76. The SMILES string of the molecule is CC1=C[C@H]2O[C@@H]3C[C@H]4OC(=O)/C=C\C=C\[C@H]5O[C@@H](C/C(C)=C\C(=O)OC[C@@]2([C@H]2O[C@@H]12)[C@]4(C)[C@]31CO1)O[C@@H]5C. The van der Waals surface area contributed by atoms with Crippen LogP contribution in [-0.4, -0.2) is 79.8 Å². The van der Waals surface area contributed by atoms with Gasteiger partial charge in [0.1, 0.15) is 36.6 Å². The molecule has 9 heteroatoms. The molecule has 0 aromatic heterocycles. The number of epoxide rings is 2. The summed E-state index contributed by atoms with van der Waals surface area (Å²) in [5, 5.41) is 0. The third-order valence-electron chi connectivity index (χ3n) is 9.92. The summed E-state index contributed by atoms with van der Waals surface area (Å²) in [5.41, 5.74) is -0.179. The number of ether oxygens (including phenoxy) is 7. The van der Waals surface area contributed by atoms with Crippen molar-refractivity contribution in [3.8, 4) is 0 Å². The molecule has 11 atom stereocenters. The van der Waals surface area contributed by atoms with Gasteiger partial charge < -0.3 is 33.2 Å². The molecule has 2 aliphatic carbocycles. The van der Waals surface area contributed by atoms with Gasteiger partial charge in [-0.15, -0.1) is 0 Å². The summed E-state index contributed by atoms with van der Waals surface area (Å²) in [5.74, 6) is -0.897. The van der Waals surface area contributed by atoms with E-state index in [0.29, 0.717) is 19.4 Å². The molecule has 2 spiro atoms. The van der Waals surface area contributed by atoms with Gasteiger partial charge in [0.05, 0.1) is 35.7 Å². The first-order chi connectivity index (χ1) is 18.2. The number of allylic oxidation sites excluding steroid dienone is 2. The largest absolute Gasteiger partial charge is 0.462 e. The second kappa shape index (κ2) is 8.35. The van der Waals surface area contributed by atoms with Crippen LogP contribution in [0.2, 0.25) is 0 Å². The van der Waals surface area contributed by atoms with Crippen molar-refractivity contribution < 1.29 is 42.7 Å². The number of hydrogen-bond acceptors (Lipinski definition) is 9. The van der Waals surface area contributed by atoms with E-state index in [1.54, 1.807) is 12.2 Å². The summed E-state index contributed by atoms with van der Waals surface area (Å²) >= 11 is 0. The Morgan fingerprint density at radius 2 is 1.79 bits per heavy atom. The van der Waals surface area contributed by atoms with Crippen LogP contribution in [0.15, 0.2) is 47.6 Å². The lowest BCUT2D eigenvalue weighted by Gasteiger charge is -2.57. The molecule has 4 bridgehead atoms. The first kappa shape index (κ1) is 24.7. The molecule has 0 aromatic carbocycles. The minimum Gasteiger partial charge on any atom is -0.462 e. The van der Waals surface area contributed by atoms with Crippen LogP contribution in [0, 0.1) is 10.8 Å². The highest BCUT2D eigenvalue weighted by atomic mass is 16.7. The molecule has 38 heavy (non-hydrogen) atoms. The lowest BCUT2D eigenvalue weighted by atomic mass is 9.51. The van der Waals surface area contributed by atoms with Gasteiger partial charge in [0.25, 0.3) is 0 Å². The van der Waals surface area contributed by atoms with Crippen molar-refractivity contribution >= 4 is 11.9 Å². The quantitative estimate of drug-likeness (QED) is 0.268. The molecule has 204 valence electrons. The highest BCUT2D eigenvalue weighted by Gasteiger charge is 2.87. The van der Waals surface area contributed by atoms with E-state index in [2.05, 4.69) is 13.0 Å². The van der Waals surface area contributed by atoms with Crippen molar-refractivity contribution in [2.24, 2.45) is 10.8 Å². The van der Waals surface area contributed by atoms with Crippen LogP contribution in [-0.2, 0) is 42.7 Å². The molecule has 5 heterocycles. The van der Waals surface area contributed by atoms with Gasteiger partial charge in [-0.25, -0.2) is 9.59 Å². The van der Waals surface area contributed by atoms with Crippen molar-refractivity contribution in [2.45, 2.75) is 95.2 Å². The summed E-state index contributed by atoms with van der Waals surface area (Å²) in [6.45, 7) is 8.50. The molecule has 0 N–H and O–H groups in total. The standard InChI is InChI=1S/C29H34O9/c1-15-9-23(31)32-13-28-20(11-16(2)25-26(28)38-25)36-21-12-19(27(28,4)29(21)14-33-29)37-22(30)8-6-5-7-18-17(3)34-24(10-15)35-18/h5-9,11,17-21,24-26H,10,12-14H2,1-4H3/b7-5+,8-6-,15-9-/t17-,18-,19-,20-,21-,24+,25+,26+,27-,28-,29+/m1/s1. The Kier molecular flexibility index (Phi) is 5.43. The van der Waals surface area contributed by atoms with Crippen LogP contribution in [0.25, 0.3) is 0 Å². The first-order valence-electron chi connectivity index (χ1n) is 13.5. The Hall–Kier alpha value is -2.30. The maximum Gasteiger partial charge on any atom is 0.331 e. The zero-order valence-corrected chi connectivity index (χ0v) is 22.1. The third-order valence-corrected chi connectivity index (χ3v) is 9.92. The fourth-order valence-electron chi connectivity index (χ4n) is 7.73. The van der Waals surface area contributed by atoms with Crippen LogP contribution in [0.5, 0.6) is 0 Å². The molecular formula is C29H34O9. The number of rotatable bonds is 0. The lowest BCUT2D eigenvalue weighted by Crippen LogP contribution is -2.69. The van der Waals surface area contributed by atoms with Crippen molar-refractivity contribution in [1.29, 1.82) is 0 Å². The first-order valence-corrected chi connectivity index (χ1v) is 13.5. The monoisotopic (exact) mass is 526 g/mol. The molecule has 7 aliphatic rings. The number of cyclic esters (lactones) is 1. The summed E-state index contributed by atoms with van der Waals surface area (Å²) < 4.78 is 43.1. The molecule has 9 nitrogen and oxygen atoms in total. The second-order valence-electron chi connectivity index (χ2n) is 11.9. The van der Waals surface area contributed by atoms with Crippen LogP contribution in [0.1, 0.15) is 40.5 Å². The summed E-state index contributed by atoms with van der Waals surface area (Å²) in [6.07, 6.45) is 8.96. The Morgan fingerprint density at radius 3 is 2.58 bits per heavy atom. The highest BCUT2D eigenvalue weighted by Crippen LogP contribution is 2.74. The number of fused-ring (bicyclic) bond motifs is 3. The second-order valence-corrected chi connectivity index (χ2v) is 11.9. The molecule has 4 saturated heterocycles. The van der Waals surface area contributed by atoms with E-state index >= 15 is 0 Å². The van der Waals surface area contributed by atoms with Gasteiger partial charge in [0, 0.05) is 25.0 Å². The topological polar surface area (TPSA) is 105 Å². The van der Waals surface area contributed by atoms with E-state index in [9.17, 15) is 9.59 Å². The van der Waals surface area contributed by atoms with Gasteiger partial charge in [-0.2, -0.15) is 0 Å². The van der Waals surface area contributed by atoms with Gasteiger partial charge in [-0.3, -0.25) is 0 Å². The Bertz CT molecular complexity index is 1180. The van der Waals surface area contributed by atoms with E-state index in [-0.39, 0.29) is 43.2 Å². The van der Waals surface area contributed by atoms with Gasteiger partial charge in [-0.05, 0) is 26.3 Å². The maximum atomic E-state index is 13.1. The number of carbonyl (C=O) groups is 2. The van der Waals surface area contributed by atoms with Crippen LogP contribution in [0.4, 0.5) is 0 Å². The van der Waals surface area contributed by atoms with Crippen molar-refractivity contribution in [1.82, 2.24) is 0 Å². The molecule has 0 amide bonds. The van der Waals surface area contributed by atoms with E-state index in [4.69, 9.17) is 33.2 Å². The molecule has 5 fully saturated rings. The zero-order chi connectivity index (χ0) is 26.4. The van der Waals surface area contributed by atoms with Crippen molar-refractivity contribution in [3.63, 3.8) is 0 Å². The summed E-state index contributed by atoms with van der Waals surface area (Å²) in [7, 11) is 0. The summed E-state index contributed by atoms with van der Waals surface area (Å²) in [6, 6.07) is 0. The predicted molar refractivity (Wildman–Crippen MR) is 132 cm³/mol. The molecule has 1 saturated carbocycles. The molecule has 5 aliphatic heterocycles. The number of carbonyl (C=O) groups excluding carboxylic acids is 2. The fourth-order valence-corrected chi connectivity index (χ4v) is 7.73. The predicted octanol–water partition coefficient (Wildman–Crippen LogP) is 2.69. The molecular weight excluding hydrogens is 492 g/mol. The summed E-state index contributed by atoms with van der Waals surface area (Å²) in [4.78, 5) is 26.1. The molecule has 7 rings (SSSR count). The Labute approximate surface area is 221 Å². The Balaban J connectivity index is 1.28. The van der Waals surface area contributed by atoms with E-state index in [0.717, 1.165) is 11.1 Å². The molecule has 0 unspecified atom stereocenters. The smallest absolute Gasteiger partial charge is 0.331 e. The van der Waals surface area contributed by atoms with Gasteiger partial charge in [0.15, 0.2) is 6.29 Å². The van der Waals surface area contributed by atoms with Gasteiger partial charge >= 0.3 is 11.9 Å². The zero-order valence-electron chi connectivity index (χ0n) is 22.1. The maximum absolute atomic E-state index is 13.1. The van der Waals surface area contributed by atoms with Crippen LogP contribution >= 0.6 is 0 Å². The van der Waals surface area contributed by atoms with E-state index < -0.39 is 40.8 Å². The minimum atomic E-state index is -0.779. The third kappa shape index (κ3) is 3.35. The van der Waals surface area contributed by atoms with E-state index in [1.807, 2.05) is 26.8 Å². The van der Waals surface area contributed by atoms with Crippen molar-refractivity contribution in [3.05, 3.63) is 47.6 Å². The van der Waals surface area contributed by atoms with Gasteiger partial charge in [-0.1, -0.05) is 36.8 Å². The Morgan fingerprint density at radius 1 is 0.974 bits per heavy atom. The molecule has 0 aromatic rings. The lowest BCUT2D eigenvalue weighted by molar-refractivity contribution is -0.235. The number of esters is 2. The van der Waals surface area contributed by atoms with Crippen LogP contribution in [0.3, 0.4) is 0 Å².